The highest BCUT2D eigenvalue weighted by Gasteiger charge is 2.22. The highest BCUT2D eigenvalue weighted by Crippen LogP contribution is 2.34. The van der Waals surface area contributed by atoms with Gasteiger partial charge in [0.1, 0.15) is 5.75 Å². The molecule has 0 unspecified atom stereocenters. The van der Waals surface area contributed by atoms with E-state index in [0.717, 1.165) is 37.6 Å². The first-order valence-corrected chi connectivity index (χ1v) is 10.7. The minimum absolute atomic E-state index is 0.244. The average molecular weight is 438 g/mol. The fourth-order valence-electron chi connectivity index (χ4n) is 3.93. The SMILES string of the molecule is CCOc1ccc(-c2nc(OC)ccc2N2CCN(c3ccc(OC)cc3)CC2)cc1F. The van der Waals surface area contributed by atoms with Crippen molar-refractivity contribution in [3.05, 3.63) is 60.4 Å². The van der Waals surface area contributed by atoms with Gasteiger partial charge in [0.25, 0.3) is 0 Å². The van der Waals surface area contributed by atoms with Gasteiger partial charge >= 0.3 is 0 Å². The van der Waals surface area contributed by atoms with E-state index in [4.69, 9.17) is 14.2 Å². The fourth-order valence-corrected chi connectivity index (χ4v) is 3.93. The molecule has 0 amide bonds. The van der Waals surface area contributed by atoms with Gasteiger partial charge in [0, 0.05) is 43.5 Å². The molecule has 0 radical (unpaired) electrons. The van der Waals surface area contributed by atoms with Gasteiger partial charge < -0.3 is 24.0 Å². The van der Waals surface area contributed by atoms with Crippen LogP contribution in [0.2, 0.25) is 0 Å². The van der Waals surface area contributed by atoms with E-state index >= 15 is 0 Å². The number of rotatable bonds is 7. The minimum atomic E-state index is -0.399. The van der Waals surface area contributed by atoms with Gasteiger partial charge in [-0.2, -0.15) is 0 Å². The predicted octanol–water partition coefficient (Wildman–Crippen LogP) is 4.63. The molecule has 3 aromatic rings. The van der Waals surface area contributed by atoms with Crippen LogP contribution in [0.4, 0.5) is 15.8 Å². The van der Waals surface area contributed by atoms with Gasteiger partial charge in [-0.05, 0) is 55.5 Å². The summed E-state index contributed by atoms with van der Waals surface area (Å²) < 4.78 is 30.5. The lowest BCUT2D eigenvalue weighted by Crippen LogP contribution is -2.46. The molecule has 1 aliphatic rings. The van der Waals surface area contributed by atoms with Crippen LogP contribution in [-0.4, -0.2) is 52.0 Å². The predicted molar refractivity (Wildman–Crippen MR) is 125 cm³/mol. The smallest absolute Gasteiger partial charge is 0.213 e. The Kier molecular flexibility index (Phi) is 6.63. The molecule has 0 saturated carbocycles. The standard InChI is InChI=1S/C25H28FN3O3/c1-4-32-23-11-5-18(17-21(23)26)25-22(10-12-24(27-25)31-3)29-15-13-28(14-16-29)19-6-8-20(30-2)9-7-19/h5-12,17H,4,13-16H2,1-3H3. The Morgan fingerprint density at radius 3 is 2.22 bits per heavy atom. The number of aromatic nitrogens is 1. The summed E-state index contributed by atoms with van der Waals surface area (Å²) in [5, 5.41) is 0. The highest BCUT2D eigenvalue weighted by molar-refractivity contribution is 5.76. The molecule has 0 aliphatic carbocycles. The summed E-state index contributed by atoms with van der Waals surface area (Å²) >= 11 is 0. The van der Waals surface area contributed by atoms with Gasteiger partial charge in [-0.25, -0.2) is 9.37 Å². The van der Waals surface area contributed by atoms with Gasteiger partial charge in [0.2, 0.25) is 5.88 Å². The molecule has 2 heterocycles. The lowest BCUT2D eigenvalue weighted by molar-refractivity contribution is 0.321. The van der Waals surface area contributed by atoms with E-state index in [1.807, 2.05) is 37.3 Å². The number of ether oxygens (including phenoxy) is 3. The molecule has 1 fully saturated rings. The first-order chi connectivity index (χ1) is 15.6. The Hall–Kier alpha value is -3.48. The van der Waals surface area contributed by atoms with E-state index < -0.39 is 5.82 Å². The molecule has 2 aromatic carbocycles. The molecule has 4 rings (SSSR count). The molecule has 0 atom stereocenters. The zero-order chi connectivity index (χ0) is 22.5. The highest BCUT2D eigenvalue weighted by atomic mass is 19.1. The topological polar surface area (TPSA) is 47.1 Å². The third-order valence-electron chi connectivity index (χ3n) is 5.62. The lowest BCUT2D eigenvalue weighted by atomic mass is 10.1. The van der Waals surface area contributed by atoms with E-state index in [1.165, 1.54) is 11.8 Å². The summed E-state index contributed by atoms with van der Waals surface area (Å²) in [7, 11) is 3.25. The lowest BCUT2D eigenvalue weighted by Gasteiger charge is -2.38. The molecule has 0 bridgehead atoms. The number of benzene rings is 2. The van der Waals surface area contributed by atoms with Crippen molar-refractivity contribution < 1.29 is 18.6 Å². The van der Waals surface area contributed by atoms with E-state index in [2.05, 4.69) is 26.9 Å². The summed E-state index contributed by atoms with van der Waals surface area (Å²) in [6.07, 6.45) is 0. The van der Waals surface area contributed by atoms with Crippen LogP contribution in [0.5, 0.6) is 17.4 Å². The van der Waals surface area contributed by atoms with Gasteiger partial charge in [-0.3, -0.25) is 0 Å². The number of hydrogen-bond donors (Lipinski definition) is 0. The Labute approximate surface area is 188 Å². The minimum Gasteiger partial charge on any atom is -0.497 e. The number of anilines is 2. The molecule has 32 heavy (non-hydrogen) atoms. The monoisotopic (exact) mass is 437 g/mol. The molecule has 1 aliphatic heterocycles. The molecule has 168 valence electrons. The maximum Gasteiger partial charge on any atom is 0.213 e. The second-order valence-corrected chi connectivity index (χ2v) is 7.47. The van der Waals surface area contributed by atoms with Crippen molar-refractivity contribution in [2.75, 3.05) is 56.8 Å². The van der Waals surface area contributed by atoms with Crippen molar-refractivity contribution in [1.29, 1.82) is 0 Å². The first kappa shape index (κ1) is 21.7. The number of pyridine rings is 1. The average Bonchev–Trinajstić information content (AvgIpc) is 2.85. The molecule has 7 heteroatoms. The molecule has 6 nitrogen and oxygen atoms in total. The Balaban J connectivity index is 1.57. The van der Waals surface area contributed by atoms with Crippen molar-refractivity contribution in [3.63, 3.8) is 0 Å². The maximum atomic E-state index is 14.6. The van der Waals surface area contributed by atoms with E-state index in [9.17, 15) is 4.39 Å². The second-order valence-electron chi connectivity index (χ2n) is 7.47. The molecule has 1 saturated heterocycles. The van der Waals surface area contributed by atoms with E-state index in [-0.39, 0.29) is 5.75 Å². The fraction of sp³-hybridized carbons (Fsp3) is 0.320. The molecular formula is C25H28FN3O3. The van der Waals surface area contributed by atoms with Crippen molar-refractivity contribution in [2.45, 2.75) is 6.92 Å². The largest absolute Gasteiger partial charge is 0.497 e. The summed E-state index contributed by atoms with van der Waals surface area (Å²) in [5.74, 6) is 1.19. The van der Waals surface area contributed by atoms with Crippen LogP contribution in [0.25, 0.3) is 11.3 Å². The van der Waals surface area contributed by atoms with Gasteiger partial charge in [-0.15, -0.1) is 0 Å². The van der Waals surface area contributed by atoms with E-state index in [0.29, 0.717) is 23.7 Å². The van der Waals surface area contributed by atoms with Crippen LogP contribution < -0.4 is 24.0 Å². The summed E-state index contributed by atoms with van der Waals surface area (Å²) in [6, 6.07) is 16.9. The van der Waals surface area contributed by atoms with Crippen LogP contribution in [0.15, 0.2) is 54.6 Å². The summed E-state index contributed by atoms with van der Waals surface area (Å²) in [5.41, 5.74) is 3.53. The van der Waals surface area contributed by atoms with Gasteiger partial charge in [0.05, 0.1) is 32.2 Å². The van der Waals surface area contributed by atoms with Gasteiger partial charge in [-0.1, -0.05) is 0 Å². The third kappa shape index (κ3) is 4.56. The van der Waals surface area contributed by atoms with Gasteiger partial charge in [0.15, 0.2) is 11.6 Å². The normalized spacial score (nSPS) is 13.8. The maximum absolute atomic E-state index is 14.6. The van der Waals surface area contributed by atoms with Crippen LogP contribution in [0.3, 0.4) is 0 Å². The summed E-state index contributed by atoms with van der Waals surface area (Å²) in [6.45, 7) is 5.64. The Bertz CT molecular complexity index is 1050. The summed E-state index contributed by atoms with van der Waals surface area (Å²) in [4.78, 5) is 9.29. The van der Waals surface area contributed by atoms with Crippen LogP contribution in [0, 0.1) is 5.82 Å². The van der Waals surface area contributed by atoms with Crippen molar-refractivity contribution in [1.82, 2.24) is 4.98 Å². The number of halogens is 1. The van der Waals surface area contributed by atoms with Crippen LogP contribution in [-0.2, 0) is 0 Å². The Morgan fingerprint density at radius 1 is 0.875 bits per heavy atom. The molecular weight excluding hydrogens is 409 g/mol. The zero-order valence-corrected chi connectivity index (χ0v) is 18.7. The second kappa shape index (κ2) is 9.77. The van der Waals surface area contributed by atoms with E-state index in [1.54, 1.807) is 20.3 Å². The molecule has 0 spiro atoms. The number of hydrogen-bond acceptors (Lipinski definition) is 6. The Morgan fingerprint density at radius 2 is 1.59 bits per heavy atom. The van der Waals surface area contributed by atoms with Crippen molar-refractivity contribution in [2.24, 2.45) is 0 Å². The van der Waals surface area contributed by atoms with Crippen LogP contribution in [0.1, 0.15) is 6.92 Å². The van der Waals surface area contributed by atoms with Crippen LogP contribution >= 0.6 is 0 Å². The number of nitrogens with zero attached hydrogens (tertiary/aromatic N) is 3. The molecule has 1 aromatic heterocycles. The van der Waals surface area contributed by atoms with Crippen molar-refractivity contribution >= 4 is 11.4 Å². The number of piperazine rings is 1. The van der Waals surface area contributed by atoms with Crippen molar-refractivity contribution in [3.8, 4) is 28.6 Å². The first-order valence-electron chi connectivity index (χ1n) is 10.7. The number of methoxy groups -OCH3 is 2. The zero-order valence-electron chi connectivity index (χ0n) is 18.7. The molecule has 0 N–H and O–H groups in total. The quantitative estimate of drug-likeness (QED) is 0.537. The third-order valence-corrected chi connectivity index (χ3v) is 5.62.